The molecule has 6 heteroatoms. The minimum absolute atomic E-state index is 0.0497. The van der Waals surface area contributed by atoms with E-state index in [1.54, 1.807) is 0 Å². The van der Waals surface area contributed by atoms with Gasteiger partial charge in [0.25, 0.3) is 0 Å². The van der Waals surface area contributed by atoms with E-state index in [-0.39, 0.29) is 33.5 Å². The van der Waals surface area contributed by atoms with Crippen LogP contribution in [-0.2, 0) is 0 Å². The lowest BCUT2D eigenvalue weighted by Crippen LogP contribution is -1.93. The predicted octanol–water partition coefficient (Wildman–Crippen LogP) is 6.77. The Labute approximate surface area is 170 Å². The summed E-state index contributed by atoms with van der Waals surface area (Å²) < 4.78 is 24.5. The molecule has 0 aliphatic heterocycles. The molecule has 0 unspecified atom stereocenters. The molecule has 0 spiro atoms. The lowest BCUT2D eigenvalue weighted by atomic mass is 10.1. The van der Waals surface area contributed by atoms with E-state index in [1.807, 2.05) is 52.0 Å². The smallest absolute Gasteiger partial charge is 0.217 e. The molecule has 5 rings (SSSR count). The molecule has 30 heavy (non-hydrogen) atoms. The second kappa shape index (κ2) is 6.17. The minimum atomic E-state index is 0.0497. The topological polar surface area (TPSA) is 100 Å². The summed E-state index contributed by atoms with van der Waals surface area (Å²) in [5.41, 5.74) is 6.67. The first-order chi connectivity index (χ1) is 14.4. The molecule has 0 aliphatic carbocycles. The average Bonchev–Trinajstić information content (AvgIpc) is 2.70. The molecule has 146 valence electrons. The molecule has 0 amide bonds. The van der Waals surface area contributed by atoms with Crippen molar-refractivity contribution in [1.82, 2.24) is 0 Å². The van der Waals surface area contributed by atoms with Gasteiger partial charge in [-0.05, 0) is 62.1 Å². The molecule has 0 aliphatic rings. The van der Waals surface area contributed by atoms with Gasteiger partial charge in [0.2, 0.25) is 11.2 Å². The highest BCUT2D eigenvalue weighted by atomic mass is 16.4. The maximum Gasteiger partial charge on any atom is 0.217 e. The highest BCUT2D eigenvalue weighted by molar-refractivity contribution is 6.04. The zero-order chi connectivity index (χ0) is 21.2. The molecule has 0 saturated heterocycles. The van der Waals surface area contributed by atoms with Crippen LogP contribution in [-0.4, -0.2) is 0 Å². The Kier molecular flexibility index (Phi) is 3.68. The van der Waals surface area contributed by atoms with Crippen LogP contribution >= 0.6 is 0 Å². The fourth-order valence-electron chi connectivity index (χ4n) is 3.92. The largest absolute Gasteiger partial charge is 0.448 e. The van der Waals surface area contributed by atoms with Crippen LogP contribution in [0.25, 0.3) is 44.7 Å². The van der Waals surface area contributed by atoms with Crippen molar-refractivity contribution in [3.8, 4) is 12.1 Å². The Hall–Kier alpha value is -4.16. The molecule has 0 bridgehead atoms. The van der Waals surface area contributed by atoms with Gasteiger partial charge in [0, 0.05) is 0 Å². The Bertz CT molecular complexity index is 1530. The fourth-order valence-corrected chi connectivity index (χ4v) is 3.92. The number of rotatable bonds is 0. The van der Waals surface area contributed by atoms with Crippen LogP contribution in [0.5, 0.6) is 0 Å². The van der Waals surface area contributed by atoms with Gasteiger partial charge in [-0.15, -0.1) is 0 Å². The fraction of sp³-hybridized carbons (Fsp3) is 0.167. The maximum absolute atomic E-state index is 9.82. The lowest BCUT2D eigenvalue weighted by molar-refractivity contribution is 0.550. The van der Waals surface area contributed by atoms with Crippen molar-refractivity contribution in [2.24, 2.45) is 0 Å². The van der Waals surface area contributed by atoms with Crippen LogP contribution in [0, 0.1) is 50.4 Å². The molecule has 0 fully saturated rings. The summed E-state index contributed by atoms with van der Waals surface area (Å²) in [5, 5.41) is 19.6. The van der Waals surface area contributed by atoms with Gasteiger partial charge in [0.15, 0.2) is 33.5 Å². The Morgan fingerprint density at radius 2 is 0.933 bits per heavy atom. The lowest BCUT2D eigenvalue weighted by Gasteiger charge is -2.11. The second-order valence-electron chi connectivity index (χ2n) is 7.52. The molecule has 0 saturated carbocycles. The summed E-state index contributed by atoms with van der Waals surface area (Å²) in [6, 6.07) is 11.8. The summed E-state index contributed by atoms with van der Waals surface area (Å²) >= 11 is 0. The van der Waals surface area contributed by atoms with Crippen LogP contribution in [0.1, 0.15) is 33.4 Å². The van der Waals surface area contributed by atoms with Crippen LogP contribution in [0.2, 0.25) is 0 Å². The van der Waals surface area contributed by atoms with Crippen molar-refractivity contribution in [3.63, 3.8) is 0 Å². The first kappa shape index (κ1) is 17.9. The van der Waals surface area contributed by atoms with Crippen LogP contribution < -0.4 is 0 Å². The number of fused-ring (bicyclic) bond motifs is 5. The van der Waals surface area contributed by atoms with E-state index in [2.05, 4.69) is 12.1 Å². The molecule has 2 heterocycles. The van der Waals surface area contributed by atoms with E-state index >= 15 is 0 Å². The number of hydrogen-bond acceptors (Lipinski definition) is 6. The Morgan fingerprint density at radius 1 is 0.533 bits per heavy atom. The monoisotopic (exact) mass is 396 g/mol. The summed E-state index contributed by atoms with van der Waals surface area (Å²) in [6.45, 7) is 7.72. The molecule has 3 aromatic carbocycles. The predicted molar refractivity (Wildman–Crippen MR) is 112 cm³/mol. The third-order valence-electron chi connectivity index (χ3n) is 5.15. The van der Waals surface area contributed by atoms with Gasteiger partial charge >= 0.3 is 0 Å². The van der Waals surface area contributed by atoms with Gasteiger partial charge < -0.3 is 17.7 Å². The SMILES string of the molecule is Cc1cc(C)c2oc3c(C#N)c(C#N)c4oc5c(C)cc(C)cc5oc4c3oc2c1. The van der Waals surface area contributed by atoms with Crippen LogP contribution in [0.3, 0.4) is 0 Å². The molecule has 0 atom stereocenters. The molecule has 2 aromatic heterocycles. The molecular weight excluding hydrogens is 380 g/mol. The molecule has 0 N–H and O–H groups in total. The van der Waals surface area contributed by atoms with Crippen LogP contribution in [0.15, 0.2) is 41.9 Å². The zero-order valence-corrected chi connectivity index (χ0v) is 16.8. The molecular formula is C24H16N2O4. The van der Waals surface area contributed by atoms with Gasteiger partial charge in [0.05, 0.1) is 0 Å². The van der Waals surface area contributed by atoms with Gasteiger partial charge in [0.1, 0.15) is 23.3 Å². The van der Waals surface area contributed by atoms with Crippen molar-refractivity contribution in [1.29, 1.82) is 10.5 Å². The molecule has 0 radical (unpaired) electrons. The van der Waals surface area contributed by atoms with Crippen molar-refractivity contribution in [2.45, 2.75) is 27.7 Å². The van der Waals surface area contributed by atoms with E-state index in [0.717, 1.165) is 22.3 Å². The maximum atomic E-state index is 9.82. The van der Waals surface area contributed by atoms with Gasteiger partial charge in [-0.2, -0.15) is 10.5 Å². The second-order valence-corrected chi connectivity index (χ2v) is 7.52. The van der Waals surface area contributed by atoms with Gasteiger partial charge in [-0.1, -0.05) is 12.1 Å². The number of nitriles is 2. The van der Waals surface area contributed by atoms with Gasteiger partial charge in [-0.25, -0.2) is 0 Å². The first-order valence-corrected chi connectivity index (χ1v) is 9.39. The summed E-state index contributed by atoms with van der Waals surface area (Å²) in [4.78, 5) is 0. The number of aryl methyl sites for hydroxylation is 4. The third kappa shape index (κ3) is 2.41. The normalized spacial score (nSPS) is 11.3. The highest BCUT2D eigenvalue weighted by Gasteiger charge is 2.24. The van der Waals surface area contributed by atoms with Crippen molar-refractivity contribution < 1.29 is 17.7 Å². The van der Waals surface area contributed by atoms with Crippen LogP contribution in [0.4, 0.5) is 0 Å². The highest BCUT2D eigenvalue weighted by Crippen LogP contribution is 2.38. The van der Waals surface area contributed by atoms with Gasteiger partial charge in [-0.3, -0.25) is 0 Å². The van der Waals surface area contributed by atoms with E-state index in [4.69, 9.17) is 17.7 Å². The van der Waals surface area contributed by atoms with E-state index in [1.165, 1.54) is 0 Å². The minimum Gasteiger partial charge on any atom is -0.448 e. The molecule has 5 aromatic rings. The first-order valence-electron chi connectivity index (χ1n) is 9.39. The summed E-state index contributed by atoms with van der Waals surface area (Å²) in [5.74, 6) is 0. The summed E-state index contributed by atoms with van der Waals surface area (Å²) in [7, 11) is 0. The van der Waals surface area contributed by atoms with E-state index in [9.17, 15) is 10.5 Å². The standard InChI is InChI=1S/C24H16N2O4/c1-11-5-13(3)19-17(7-11)27-23-21(29-19)15(9-25)16(10-26)22-24(23)28-18-8-12(2)6-14(4)20(18)30-22/h5-8H,1-4H3. The molecule has 6 nitrogen and oxygen atoms in total. The Balaban J connectivity index is 2.10. The third-order valence-corrected chi connectivity index (χ3v) is 5.15. The summed E-state index contributed by atoms with van der Waals surface area (Å²) in [6.07, 6.45) is 0. The number of benzene rings is 3. The average molecular weight is 396 g/mol. The zero-order valence-electron chi connectivity index (χ0n) is 16.8. The number of nitrogens with zero attached hydrogens (tertiary/aromatic N) is 2. The van der Waals surface area contributed by atoms with E-state index in [0.29, 0.717) is 22.3 Å². The number of hydrogen-bond donors (Lipinski definition) is 0. The van der Waals surface area contributed by atoms with Crippen molar-refractivity contribution in [3.05, 3.63) is 57.6 Å². The Morgan fingerprint density at radius 3 is 1.30 bits per heavy atom. The van der Waals surface area contributed by atoms with Crippen molar-refractivity contribution >= 4 is 44.7 Å². The quantitative estimate of drug-likeness (QED) is 0.211. The van der Waals surface area contributed by atoms with Crippen molar-refractivity contribution in [2.75, 3.05) is 0 Å². The van der Waals surface area contributed by atoms with E-state index < -0.39 is 0 Å².